The van der Waals surface area contributed by atoms with Crippen LogP contribution >= 0.6 is 22.6 Å². The summed E-state index contributed by atoms with van der Waals surface area (Å²) in [6.45, 7) is 0. The Morgan fingerprint density at radius 1 is 1.11 bits per heavy atom. The van der Waals surface area contributed by atoms with Gasteiger partial charge in [0.15, 0.2) is 0 Å². The van der Waals surface area contributed by atoms with Crippen LogP contribution in [0.5, 0.6) is 0 Å². The SMILES string of the molecule is O=C(O)c1ccc(F)cc1[As]c1ccc(I)cc1F. The molecule has 0 saturated heterocycles. The van der Waals surface area contributed by atoms with Gasteiger partial charge in [-0.1, -0.05) is 0 Å². The van der Waals surface area contributed by atoms with Gasteiger partial charge in [-0.05, 0) is 0 Å². The molecule has 19 heavy (non-hydrogen) atoms. The monoisotopic (exact) mass is 435 g/mol. The Kier molecular flexibility index (Phi) is 4.57. The second-order valence-electron chi connectivity index (χ2n) is 3.67. The molecule has 1 radical (unpaired) electrons. The number of hydrogen-bond acceptors (Lipinski definition) is 1. The van der Waals surface area contributed by atoms with Crippen LogP contribution in [0, 0.1) is 15.2 Å². The predicted octanol–water partition coefficient (Wildman–Crippen LogP) is 1.92. The van der Waals surface area contributed by atoms with E-state index >= 15 is 0 Å². The Morgan fingerprint density at radius 3 is 2.47 bits per heavy atom. The summed E-state index contributed by atoms with van der Waals surface area (Å²) >= 11 is 1.08. The van der Waals surface area contributed by atoms with Crippen molar-refractivity contribution < 1.29 is 18.7 Å². The maximum atomic E-state index is 13.7. The number of carbonyl (C=O) groups is 1. The van der Waals surface area contributed by atoms with E-state index < -0.39 is 27.5 Å². The first-order valence-corrected chi connectivity index (χ1v) is 8.12. The molecule has 0 aliphatic heterocycles. The molecule has 2 aromatic carbocycles. The molecule has 0 spiro atoms. The standard InChI is InChI=1S/C13H7AsF2IO2/c15-7-1-3-9(13(18)19)11(5-7)14-10-4-2-8(17)6-12(10)16/h1-6H,(H,18,19). The molecule has 2 nitrogen and oxygen atoms in total. The summed E-state index contributed by atoms with van der Waals surface area (Å²) in [5.74, 6) is -2.02. The third kappa shape index (κ3) is 3.54. The van der Waals surface area contributed by atoms with Crippen molar-refractivity contribution >= 4 is 53.0 Å². The van der Waals surface area contributed by atoms with E-state index in [9.17, 15) is 13.6 Å². The van der Waals surface area contributed by atoms with Crippen LogP contribution < -0.4 is 8.70 Å². The first kappa shape index (κ1) is 14.5. The molecular weight excluding hydrogens is 428 g/mol. The normalized spacial score (nSPS) is 11.1. The molecule has 0 aromatic heterocycles. The Balaban J connectivity index is 2.42. The molecule has 0 aliphatic carbocycles. The Morgan fingerprint density at radius 2 is 1.84 bits per heavy atom. The van der Waals surface area contributed by atoms with Crippen molar-refractivity contribution in [2.75, 3.05) is 0 Å². The van der Waals surface area contributed by atoms with Gasteiger partial charge in [0.2, 0.25) is 0 Å². The van der Waals surface area contributed by atoms with Gasteiger partial charge in [0.05, 0.1) is 0 Å². The topological polar surface area (TPSA) is 37.3 Å². The molecule has 0 unspecified atom stereocenters. The minimum atomic E-state index is -1.13. The summed E-state index contributed by atoms with van der Waals surface area (Å²) in [7, 11) is 0. The number of benzene rings is 2. The molecule has 6 heteroatoms. The van der Waals surface area contributed by atoms with E-state index in [2.05, 4.69) is 0 Å². The van der Waals surface area contributed by atoms with Crippen LogP contribution in [0.1, 0.15) is 10.4 Å². The molecule has 0 fully saturated rings. The van der Waals surface area contributed by atoms with Crippen molar-refractivity contribution in [3.63, 3.8) is 0 Å². The van der Waals surface area contributed by atoms with E-state index in [0.717, 1.165) is 9.64 Å². The van der Waals surface area contributed by atoms with Gasteiger partial charge in [-0.15, -0.1) is 0 Å². The first-order valence-electron chi connectivity index (χ1n) is 5.17. The fourth-order valence-electron chi connectivity index (χ4n) is 1.48. The molecule has 0 heterocycles. The van der Waals surface area contributed by atoms with Crippen LogP contribution in [0.2, 0.25) is 0 Å². The zero-order valence-corrected chi connectivity index (χ0v) is 13.4. The third-order valence-electron chi connectivity index (χ3n) is 2.34. The summed E-state index contributed by atoms with van der Waals surface area (Å²) in [5, 5.41) is 9.05. The third-order valence-corrected chi connectivity index (χ3v) is 5.56. The number of rotatable bonds is 3. The van der Waals surface area contributed by atoms with Gasteiger partial charge in [-0.2, -0.15) is 0 Å². The molecule has 0 saturated carbocycles. The molecule has 0 amide bonds. The van der Waals surface area contributed by atoms with E-state index in [1.54, 1.807) is 12.1 Å². The van der Waals surface area contributed by atoms with Crippen LogP contribution in [0.3, 0.4) is 0 Å². The maximum absolute atomic E-state index is 13.7. The van der Waals surface area contributed by atoms with E-state index in [1.807, 2.05) is 22.6 Å². The zero-order chi connectivity index (χ0) is 14.0. The van der Waals surface area contributed by atoms with E-state index in [-0.39, 0.29) is 11.4 Å². The van der Waals surface area contributed by atoms with Crippen molar-refractivity contribution in [3.05, 3.63) is 57.2 Å². The second-order valence-corrected chi connectivity index (χ2v) is 7.41. The summed E-state index contributed by atoms with van der Waals surface area (Å²) < 4.78 is 28.5. The molecule has 1 N–H and O–H groups in total. The van der Waals surface area contributed by atoms with Gasteiger partial charge >= 0.3 is 129 Å². The average molecular weight is 435 g/mol. The van der Waals surface area contributed by atoms with Crippen molar-refractivity contribution in [2.24, 2.45) is 0 Å². The van der Waals surface area contributed by atoms with Gasteiger partial charge < -0.3 is 0 Å². The van der Waals surface area contributed by atoms with Crippen LogP contribution in [0.15, 0.2) is 36.4 Å². The summed E-state index contributed by atoms with van der Waals surface area (Å²) in [6.07, 6.45) is 0. The zero-order valence-electron chi connectivity index (χ0n) is 9.40. The number of carboxylic acid groups (broad SMARTS) is 1. The molecule has 0 aliphatic rings. The number of hydrogen-bond donors (Lipinski definition) is 1. The Hall–Kier alpha value is -0.942. The summed E-state index contributed by atoms with van der Waals surface area (Å²) in [6, 6.07) is 8.22. The molecule has 0 bridgehead atoms. The summed E-state index contributed by atoms with van der Waals surface area (Å²) in [4.78, 5) is 11.1. The minimum absolute atomic E-state index is 0.0272. The number of carboxylic acids is 1. The fraction of sp³-hybridized carbons (Fsp3) is 0. The first-order chi connectivity index (χ1) is 8.97. The van der Waals surface area contributed by atoms with Crippen LogP contribution in [0.4, 0.5) is 8.78 Å². The molecule has 2 aromatic rings. The van der Waals surface area contributed by atoms with Gasteiger partial charge in [0.25, 0.3) is 0 Å². The van der Waals surface area contributed by atoms with Crippen molar-refractivity contribution in [1.29, 1.82) is 0 Å². The quantitative estimate of drug-likeness (QED) is 0.592. The predicted molar refractivity (Wildman–Crippen MR) is 77.5 cm³/mol. The number of aromatic carboxylic acids is 1. The fourth-order valence-corrected chi connectivity index (χ4v) is 4.15. The Labute approximate surface area is 128 Å². The van der Waals surface area contributed by atoms with Gasteiger partial charge in [0.1, 0.15) is 0 Å². The Bertz CT molecular complexity index is 647. The van der Waals surface area contributed by atoms with Crippen molar-refractivity contribution in [1.82, 2.24) is 0 Å². The van der Waals surface area contributed by atoms with Crippen LogP contribution in [-0.2, 0) is 0 Å². The van der Waals surface area contributed by atoms with E-state index in [0.29, 0.717) is 8.70 Å². The van der Waals surface area contributed by atoms with Crippen molar-refractivity contribution in [2.45, 2.75) is 0 Å². The summed E-state index contributed by atoms with van der Waals surface area (Å²) in [5.41, 5.74) is 0.0272. The van der Waals surface area contributed by atoms with E-state index in [1.165, 1.54) is 18.2 Å². The molecular formula is C13H7AsF2IO2. The average Bonchev–Trinajstić information content (AvgIpc) is 2.32. The van der Waals surface area contributed by atoms with Crippen molar-refractivity contribution in [3.8, 4) is 0 Å². The van der Waals surface area contributed by atoms with Gasteiger partial charge in [0, 0.05) is 0 Å². The van der Waals surface area contributed by atoms with Crippen LogP contribution in [0.25, 0.3) is 0 Å². The van der Waals surface area contributed by atoms with Gasteiger partial charge in [-0.25, -0.2) is 0 Å². The molecule has 97 valence electrons. The molecule has 2 rings (SSSR count). The molecule has 0 atom stereocenters. The van der Waals surface area contributed by atoms with Gasteiger partial charge in [-0.3, -0.25) is 0 Å². The van der Waals surface area contributed by atoms with E-state index in [4.69, 9.17) is 5.11 Å². The van der Waals surface area contributed by atoms with Crippen LogP contribution in [-0.4, -0.2) is 26.8 Å². The second kappa shape index (κ2) is 6.01. The number of halogens is 3.